The quantitative estimate of drug-likeness (QED) is 0.909. The number of anilines is 1. The van der Waals surface area contributed by atoms with Crippen molar-refractivity contribution in [2.45, 2.75) is 25.8 Å². The number of hydrogen-bond donors (Lipinski definition) is 1. The van der Waals surface area contributed by atoms with Crippen LogP contribution in [0.5, 0.6) is 5.75 Å². The lowest BCUT2D eigenvalue weighted by molar-refractivity contribution is 0.413. The van der Waals surface area contributed by atoms with E-state index in [1.807, 2.05) is 0 Å². The van der Waals surface area contributed by atoms with Crippen molar-refractivity contribution < 1.29 is 9.13 Å². The average Bonchev–Trinajstić information content (AvgIpc) is 2.93. The molecule has 2 nitrogen and oxygen atoms in total. The molecular formula is C17H18FNO. The number of halogens is 1. The minimum absolute atomic E-state index is 0.287. The summed E-state index contributed by atoms with van der Waals surface area (Å²) in [6.45, 7) is 0.718. The zero-order valence-corrected chi connectivity index (χ0v) is 11.6. The first-order valence-corrected chi connectivity index (χ1v) is 6.94. The van der Waals surface area contributed by atoms with E-state index >= 15 is 0 Å². The van der Waals surface area contributed by atoms with E-state index in [0.717, 1.165) is 12.2 Å². The van der Waals surface area contributed by atoms with Crippen LogP contribution in [0.4, 0.5) is 10.1 Å². The molecule has 0 heterocycles. The van der Waals surface area contributed by atoms with Gasteiger partial charge in [0.15, 0.2) is 0 Å². The standard InChI is InChI=1S/C17H18FNO/c1-20-17-10-15(18)7-8-16(17)19-11-12-5-6-13-3-2-4-14(13)9-12/h5-10,19H,2-4,11H2,1H3. The Morgan fingerprint density at radius 1 is 1.10 bits per heavy atom. The molecule has 3 rings (SSSR count). The molecule has 104 valence electrons. The van der Waals surface area contributed by atoms with Gasteiger partial charge in [0.2, 0.25) is 0 Å². The largest absolute Gasteiger partial charge is 0.494 e. The summed E-state index contributed by atoms with van der Waals surface area (Å²) in [5.41, 5.74) is 5.01. The lowest BCUT2D eigenvalue weighted by Crippen LogP contribution is -2.02. The number of nitrogens with one attached hydrogen (secondary N) is 1. The maximum Gasteiger partial charge on any atom is 0.144 e. The van der Waals surface area contributed by atoms with Crippen molar-refractivity contribution in [2.75, 3.05) is 12.4 Å². The fourth-order valence-electron chi connectivity index (χ4n) is 2.74. The number of methoxy groups -OCH3 is 1. The lowest BCUT2D eigenvalue weighted by atomic mass is 10.1. The molecular weight excluding hydrogens is 253 g/mol. The number of rotatable bonds is 4. The number of aryl methyl sites for hydroxylation is 2. The molecule has 0 spiro atoms. The first-order valence-electron chi connectivity index (χ1n) is 6.94. The molecule has 3 heteroatoms. The van der Waals surface area contributed by atoms with Crippen LogP contribution in [0, 0.1) is 5.82 Å². The van der Waals surface area contributed by atoms with Crippen molar-refractivity contribution in [1.29, 1.82) is 0 Å². The fraction of sp³-hybridized carbons (Fsp3) is 0.294. The predicted molar refractivity (Wildman–Crippen MR) is 78.7 cm³/mol. The van der Waals surface area contributed by atoms with Crippen molar-refractivity contribution >= 4 is 5.69 Å². The van der Waals surface area contributed by atoms with Crippen LogP contribution < -0.4 is 10.1 Å². The molecule has 0 aromatic heterocycles. The summed E-state index contributed by atoms with van der Waals surface area (Å²) in [5, 5.41) is 3.31. The van der Waals surface area contributed by atoms with Gasteiger partial charge in [-0.05, 0) is 48.1 Å². The summed E-state index contributed by atoms with van der Waals surface area (Å²) in [6.07, 6.45) is 3.65. The zero-order chi connectivity index (χ0) is 13.9. The topological polar surface area (TPSA) is 21.3 Å². The van der Waals surface area contributed by atoms with E-state index in [2.05, 4.69) is 23.5 Å². The second-order valence-electron chi connectivity index (χ2n) is 5.15. The second-order valence-corrected chi connectivity index (χ2v) is 5.15. The molecule has 1 aliphatic carbocycles. The highest BCUT2D eigenvalue weighted by molar-refractivity contribution is 5.56. The molecule has 1 aliphatic rings. The summed E-state index contributed by atoms with van der Waals surface area (Å²) >= 11 is 0. The van der Waals surface area contributed by atoms with Gasteiger partial charge in [0.05, 0.1) is 12.8 Å². The van der Waals surface area contributed by atoms with Gasteiger partial charge in [-0.2, -0.15) is 0 Å². The molecule has 0 bridgehead atoms. The molecule has 2 aromatic rings. The summed E-state index contributed by atoms with van der Waals surface area (Å²) in [4.78, 5) is 0. The average molecular weight is 271 g/mol. The summed E-state index contributed by atoms with van der Waals surface area (Å²) in [5.74, 6) is 0.246. The Hall–Kier alpha value is -2.03. The Morgan fingerprint density at radius 3 is 2.80 bits per heavy atom. The van der Waals surface area contributed by atoms with E-state index in [0.29, 0.717) is 5.75 Å². The number of benzene rings is 2. The molecule has 0 unspecified atom stereocenters. The Bertz CT molecular complexity index is 624. The van der Waals surface area contributed by atoms with Crippen LogP contribution in [0.15, 0.2) is 36.4 Å². The van der Waals surface area contributed by atoms with Gasteiger partial charge in [0.1, 0.15) is 11.6 Å². The van der Waals surface area contributed by atoms with Crippen LogP contribution in [0.1, 0.15) is 23.1 Å². The summed E-state index contributed by atoms with van der Waals surface area (Å²) in [7, 11) is 1.55. The zero-order valence-electron chi connectivity index (χ0n) is 11.6. The highest BCUT2D eigenvalue weighted by Crippen LogP contribution is 2.27. The molecule has 20 heavy (non-hydrogen) atoms. The normalized spacial score (nSPS) is 13.1. The Labute approximate surface area is 118 Å². The highest BCUT2D eigenvalue weighted by Gasteiger charge is 2.11. The molecule has 0 saturated heterocycles. The molecule has 0 radical (unpaired) electrons. The van der Waals surface area contributed by atoms with Crippen LogP contribution in [-0.2, 0) is 19.4 Å². The van der Waals surface area contributed by atoms with E-state index in [1.54, 1.807) is 13.2 Å². The van der Waals surface area contributed by atoms with Gasteiger partial charge < -0.3 is 10.1 Å². The van der Waals surface area contributed by atoms with E-state index < -0.39 is 0 Å². The van der Waals surface area contributed by atoms with Crippen molar-refractivity contribution in [1.82, 2.24) is 0 Å². The third-order valence-corrected chi connectivity index (χ3v) is 3.81. The van der Waals surface area contributed by atoms with E-state index in [1.165, 1.54) is 48.1 Å². The highest BCUT2D eigenvalue weighted by atomic mass is 19.1. The van der Waals surface area contributed by atoms with Gasteiger partial charge in [0, 0.05) is 12.6 Å². The first-order chi connectivity index (χ1) is 9.76. The van der Waals surface area contributed by atoms with Crippen LogP contribution in [0.2, 0.25) is 0 Å². The third kappa shape index (κ3) is 2.62. The van der Waals surface area contributed by atoms with Crippen molar-refractivity contribution in [2.24, 2.45) is 0 Å². The van der Waals surface area contributed by atoms with Gasteiger partial charge in [0.25, 0.3) is 0 Å². The van der Waals surface area contributed by atoms with Crippen LogP contribution >= 0.6 is 0 Å². The molecule has 1 N–H and O–H groups in total. The summed E-state index contributed by atoms with van der Waals surface area (Å²) < 4.78 is 18.3. The Balaban J connectivity index is 1.73. The van der Waals surface area contributed by atoms with E-state index in [9.17, 15) is 4.39 Å². The predicted octanol–water partition coefficient (Wildman–Crippen LogP) is 3.94. The molecule has 0 amide bonds. The SMILES string of the molecule is COc1cc(F)ccc1NCc1ccc2c(c1)CCC2. The second kappa shape index (κ2) is 5.53. The monoisotopic (exact) mass is 271 g/mol. The minimum atomic E-state index is -0.287. The number of ether oxygens (including phenoxy) is 1. The van der Waals surface area contributed by atoms with Gasteiger partial charge in [-0.15, -0.1) is 0 Å². The van der Waals surface area contributed by atoms with Crippen LogP contribution in [0.3, 0.4) is 0 Å². The minimum Gasteiger partial charge on any atom is -0.494 e. The smallest absolute Gasteiger partial charge is 0.144 e. The molecule has 2 aromatic carbocycles. The van der Waals surface area contributed by atoms with Crippen LogP contribution in [-0.4, -0.2) is 7.11 Å². The first kappa shape index (κ1) is 13.0. The van der Waals surface area contributed by atoms with Crippen molar-refractivity contribution in [3.05, 3.63) is 58.9 Å². The third-order valence-electron chi connectivity index (χ3n) is 3.81. The fourth-order valence-corrected chi connectivity index (χ4v) is 2.74. The molecule has 0 atom stereocenters. The van der Waals surface area contributed by atoms with E-state index in [4.69, 9.17) is 4.74 Å². The maximum absolute atomic E-state index is 13.1. The Morgan fingerprint density at radius 2 is 1.95 bits per heavy atom. The van der Waals surface area contributed by atoms with E-state index in [-0.39, 0.29) is 5.82 Å². The maximum atomic E-state index is 13.1. The lowest BCUT2D eigenvalue weighted by Gasteiger charge is -2.12. The van der Waals surface area contributed by atoms with Gasteiger partial charge in [-0.3, -0.25) is 0 Å². The van der Waals surface area contributed by atoms with Crippen molar-refractivity contribution in [3.63, 3.8) is 0 Å². The van der Waals surface area contributed by atoms with Crippen LogP contribution in [0.25, 0.3) is 0 Å². The van der Waals surface area contributed by atoms with Gasteiger partial charge in [-0.25, -0.2) is 4.39 Å². The molecule has 0 aliphatic heterocycles. The molecule has 0 fully saturated rings. The van der Waals surface area contributed by atoms with Gasteiger partial charge in [-0.1, -0.05) is 18.2 Å². The van der Waals surface area contributed by atoms with Crippen molar-refractivity contribution in [3.8, 4) is 5.75 Å². The van der Waals surface area contributed by atoms with Gasteiger partial charge >= 0.3 is 0 Å². The number of hydrogen-bond acceptors (Lipinski definition) is 2. The summed E-state index contributed by atoms with van der Waals surface area (Å²) in [6, 6.07) is 11.2. The molecule has 0 saturated carbocycles. The Kier molecular flexibility index (Phi) is 3.59. The number of fused-ring (bicyclic) bond motifs is 1.